The van der Waals surface area contributed by atoms with Crippen LogP contribution in [0.5, 0.6) is 0 Å². The molecule has 4 rings (SSSR count). The van der Waals surface area contributed by atoms with E-state index in [1.807, 2.05) is 35.2 Å². The number of aromatic nitrogens is 1. The molecule has 170 valence electrons. The predicted molar refractivity (Wildman–Crippen MR) is 142 cm³/mol. The highest BCUT2D eigenvalue weighted by Gasteiger charge is 2.17. The lowest BCUT2D eigenvalue weighted by Crippen LogP contribution is -2.37. The molecule has 2 aromatic carbocycles. The van der Waals surface area contributed by atoms with Gasteiger partial charge in [0.25, 0.3) is 5.91 Å². The van der Waals surface area contributed by atoms with E-state index < -0.39 is 0 Å². The van der Waals surface area contributed by atoms with Gasteiger partial charge in [0.05, 0.1) is 0 Å². The summed E-state index contributed by atoms with van der Waals surface area (Å²) in [5.41, 5.74) is 4.36. The zero-order valence-electron chi connectivity index (χ0n) is 18.6. The molecule has 1 aliphatic rings. The Morgan fingerprint density at radius 3 is 2.53 bits per heavy atom. The Balaban J connectivity index is 0.00000289. The molecule has 0 atom stereocenters. The van der Waals surface area contributed by atoms with Crippen molar-refractivity contribution in [3.8, 4) is 0 Å². The first-order valence-electron chi connectivity index (χ1n) is 11.1. The zero-order valence-corrected chi connectivity index (χ0v) is 20.9. The van der Waals surface area contributed by atoms with Crippen molar-refractivity contribution < 1.29 is 4.79 Å². The standard InChI is InChI=1S/C25H31N5O.HI/c1-26-25(27-14-13-21-18-28-23-8-4-3-7-22(21)23)29-17-19-9-11-20(12-10-19)24(31)30-15-5-2-6-16-30;/h3-4,7-12,18,28H,2,5-6,13-17H2,1H3,(H2,26,27,29);1H. The fourth-order valence-corrected chi connectivity index (χ4v) is 4.11. The number of H-pyrrole nitrogens is 1. The van der Waals surface area contributed by atoms with Gasteiger partial charge >= 0.3 is 0 Å². The number of guanidine groups is 1. The first kappa shape index (κ1) is 24.1. The normalized spacial score (nSPS) is 14.2. The maximum absolute atomic E-state index is 12.6. The molecule has 0 radical (unpaired) electrons. The van der Waals surface area contributed by atoms with Crippen molar-refractivity contribution in [3.63, 3.8) is 0 Å². The molecule has 3 aromatic rings. The van der Waals surface area contributed by atoms with Crippen molar-refractivity contribution in [1.82, 2.24) is 20.5 Å². The summed E-state index contributed by atoms with van der Waals surface area (Å²) in [5, 5.41) is 8.00. The first-order chi connectivity index (χ1) is 15.2. The summed E-state index contributed by atoms with van der Waals surface area (Å²) < 4.78 is 0. The molecule has 32 heavy (non-hydrogen) atoms. The smallest absolute Gasteiger partial charge is 0.253 e. The highest BCUT2D eigenvalue weighted by atomic mass is 127. The van der Waals surface area contributed by atoms with Gasteiger partial charge in [0.1, 0.15) is 0 Å². The summed E-state index contributed by atoms with van der Waals surface area (Å²) in [6.07, 6.45) is 6.44. The van der Waals surface area contributed by atoms with Crippen LogP contribution in [0.4, 0.5) is 0 Å². The second-order valence-electron chi connectivity index (χ2n) is 8.01. The number of aromatic amines is 1. The van der Waals surface area contributed by atoms with Gasteiger partial charge in [-0.1, -0.05) is 30.3 Å². The summed E-state index contributed by atoms with van der Waals surface area (Å²) in [7, 11) is 1.78. The van der Waals surface area contributed by atoms with Crippen LogP contribution in [0.15, 0.2) is 59.7 Å². The average Bonchev–Trinajstić information content (AvgIpc) is 3.25. The summed E-state index contributed by atoms with van der Waals surface area (Å²) in [4.78, 5) is 22.2. The van der Waals surface area contributed by atoms with Crippen molar-refractivity contribution in [3.05, 3.63) is 71.4 Å². The monoisotopic (exact) mass is 545 g/mol. The van der Waals surface area contributed by atoms with Crippen LogP contribution in [0.3, 0.4) is 0 Å². The van der Waals surface area contributed by atoms with E-state index in [0.29, 0.717) is 6.54 Å². The Hall–Kier alpha value is -2.55. The molecular formula is C25H32IN5O. The topological polar surface area (TPSA) is 72.5 Å². The minimum absolute atomic E-state index is 0. The molecule has 1 aromatic heterocycles. The number of carbonyl (C=O) groups excluding carboxylic acids is 1. The maximum Gasteiger partial charge on any atom is 0.253 e. The van der Waals surface area contributed by atoms with Crippen LogP contribution in [-0.2, 0) is 13.0 Å². The van der Waals surface area contributed by atoms with Gasteiger partial charge in [0.15, 0.2) is 5.96 Å². The lowest BCUT2D eigenvalue weighted by Gasteiger charge is -2.26. The van der Waals surface area contributed by atoms with E-state index >= 15 is 0 Å². The molecule has 0 spiro atoms. The number of hydrogen-bond donors (Lipinski definition) is 3. The van der Waals surface area contributed by atoms with E-state index in [2.05, 4.69) is 45.0 Å². The lowest BCUT2D eigenvalue weighted by molar-refractivity contribution is 0.0724. The van der Waals surface area contributed by atoms with Crippen LogP contribution in [-0.4, -0.2) is 48.4 Å². The molecule has 6 nitrogen and oxygen atoms in total. The number of likely N-dealkylation sites (tertiary alicyclic amines) is 1. The van der Waals surface area contributed by atoms with Crippen molar-refractivity contribution >= 4 is 46.7 Å². The SMILES string of the molecule is CN=C(NCCc1c[nH]c2ccccc12)NCc1ccc(C(=O)N2CCCCC2)cc1.I. The van der Waals surface area contributed by atoms with E-state index in [9.17, 15) is 4.79 Å². The summed E-state index contributed by atoms with van der Waals surface area (Å²) in [5.74, 6) is 0.919. The fourth-order valence-electron chi connectivity index (χ4n) is 4.11. The summed E-state index contributed by atoms with van der Waals surface area (Å²) in [6, 6.07) is 16.3. The molecule has 0 unspecified atom stereocenters. The average molecular weight is 545 g/mol. The second-order valence-corrected chi connectivity index (χ2v) is 8.01. The van der Waals surface area contributed by atoms with E-state index in [1.54, 1.807) is 7.05 Å². The second kappa shape index (κ2) is 11.9. The number of hydrogen-bond acceptors (Lipinski definition) is 2. The predicted octanol–water partition coefficient (Wildman–Crippen LogP) is 4.32. The largest absolute Gasteiger partial charge is 0.361 e. The molecular weight excluding hydrogens is 513 g/mol. The van der Waals surface area contributed by atoms with Gasteiger partial charge in [0, 0.05) is 55.9 Å². The van der Waals surface area contributed by atoms with Crippen LogP contribution in [0, 0.1) is 0 Å². The molecule has 1 amide bonds. The molecule has 3 N–H and O–H groups in total. The lowest BCUT2D eigenvalue weighted by atomic mass is 10.1. The Kier molecular flexibility index (Phi) is 8.96. The fraction of sp³-hybridized carbons (Fsp3) is 0.360. The number of nitrogens with one attached hydrogen (secondary N) is 3. The number of nitrogens with zero attached hydrogens (tertiary/aromatic N) is 2. The number of rotatable bonds is 6. The molecule has 0 aliphatic carbocycles. The summed E-state index contributed by atoms with van der Waals surface area (Å²) in [6.45, 7) is 3.21. The Labute approximate surface area is 206 Å². The van der Waals surface area contributed by atoms with E-state index in [-0.39, 0.29) is 29.9 Å². The number of halogens is 1. The minimum atomic E-state index is 0. The molecule has 1 saturated heterocycles. The zero-order chi connectivity index (χ0) is 21.5. The number of aliphatic imine (C=N–C) groups is 1. The van der Waals surface area contributed by atoms with Gasteiger partial charge in [-0.2, -0.15) is 0 Å². The van der Waals surface area contributed by atoms with Crippen molar-refractivity contribution in [2.24, 2.45) is 4.99 Å². The highest BCUT2D eigenvalue weighted by Crippen LogP contribution is 2.17. The van der Waals surface area contributed by atoms with Crippen LogP contribution >= 0.6 is 24.0 Å². The number of para-hydroxylation sites is 1. The van der Waals surface area contributed by atoms with Gasteiger partial charge in [0.2, 0.25) is 0 Å². The minimum Gasteiger partial charge on any atom is -0.361 e. The molecule has 0 saturated carbocycles. The van der Waals surface area contributed by atoms with Crippen LogP contribution in [0.2, 0.25) is 0 Å². The van der Waals surface area contributed by atoms with Crippen molar-refractivity contribution in [1.29, 1.82) is 0 Å². The third kappa shape index (κ3) is 6.03. The number of piperidine rings is 1. The van der Waals surface area contributed by atoms with E-state index in [1.165, 1.54) is 22.9 Å². The first-order valence-corrected chi connectivity index (χ1v) is 11.1. The van der Waals surface area contributed by atoms with E-state index in [4.69, 9.17) is 0 Å². The van der Waals surface area contributed by atoms with Crippen LogP contribution < -0.4 is 10.6 Å². The highest BCUT2D eigenvalue weighted by molar-refractivity contribution is 14.0. The molecule has 0 bridgehead atoms. The third-order valence-corrected chi connectivity index (χ3v) is 5.89. The van der Waals surface area contributed by atoms with Crippen molar-refractivity contribution in [2.75, 3.05) is 26.7 Å². The van der Waals surface area contributed by atoms with Crippen LogP contribution in [0.25, 0.3) is 10.9 Å². The van der Waals surface area contributed by atoms with Crippen LogP contribution in [0.1, 0.15) is 40.7 Å². The number of benzene rings is 2. The van der Waals surface area contributed by atoms with Gasteiger partial charge in [-0.3, -0.25) is 9.79 Å². The number of amides is 1. The van der Waals surface area contributed by atoms with E-state index in [0.717, 1.165) is 56.0 Å². The van der Waals surface area contributed by atoms with Gasteiger partial charge < -0.3 is 20.5 Å². The molecule has 1 aliphatic heterocycles. The quantitative estimate of drug-likeness (QED) is 0.246. The molecule has 1 fully saturated rings. The van der Waals surface area contributed by atoms with Gasteiger partial charge in [-0.05, 0) is 55.0 Å². The van der Waals surface area contributed by atoms with Crippen molar-refractivity contribution in [2.45, 2.75) is 32.2 Å². The summed E-state index contributed by atoms with van der Waals surface area (Å²) >= 11 is 0. The molecule has 2 heterocycles. The van der Waals surface area contributed by atoms with Gasteiger partial charge in [-0.25, -0.2) is 0 Å². The Bertz CT molecular complexity index is 1040. The number of fused-ring (bicyclic) bond motifs is 1. The number of carbonyl (C=O) groups is 1. The molecule has 7 heteroatoms. The Morgan fingerprint density at radius 1 is 1.03 bits per heavy atom. The third-order valence-electron chi connectivity index (χ3n) is 5.89. The maximum atomic E-state index is 12.6. The van der Waals surface area contributed by atoms with Gasteiger partial charge in [-0.15, -0.1) is 24.0 Å². The Morgan fingerprint density at radius 2 is 1.78 bits per heavy atom.